The van der Waals surface area contributed by atoms with Gasteiger partial charge in [0.25, 0.3) is 0 Å². The van der Waals surface area contributed by atoms with Gasteiger partial charge in [-0.25, -0.2) is 0 Å². The van der Waals surface area contributed by atoms with Crippen molar-refractivity contribution in [2.24, 2.45) is 0 Å². The second-order valence-electron chi connectivity index (χ2n) is 3.77. The van der Waals surface area contributed by atoms with E-state index in [1.807, 2.05) is 0 Å². The van der Waals surface area contributed by atoms with Gasteiger partial charge in [-0.3, -0.25) is 4.21 Å². The molecule has 0 saturated heterocycles. The fourth-order valence-electron chi connectivity index (χ4n) is 1.72. The zero-order valence-corrected chi connectivity index (χ0v) is 9.27. The second kappa shape index (κ2) is 5.55. The highest BCUT2D eigenvalue weighted by molar-refractivity contribution is 7.84. The molecule has 1 rings (SSSR count). The minimum Gasteiger partial charge on any atom is -0.307 e. The summed E-state index contributed by atoms with van der Waals surface area (Å²) in [5.74, 6) is 0.754. The topological polar surface area (TPSA) is 29.1 Å². The number of hydrogen-bond acceptors (Lipinski definition) is 2. The number of hydrogen-bond donors (Lipinski definition) is 1. The standard InChI is InChI=1S/C10H19NOS/c1-9(8-13(2)12)11-10-6-4-3-5-7-10/h4,6,9-11H,3,5,7-8H2,1-2H3. The van der Waals surface area contributed by atoms with Crippen LogP contribution in [0, 0.1) is 0 Å². The van der Waals surface area contributed by atoms with E-state index >= 15 is 0 Å². The summed E-state index contributed by atoms with van der Waals surface area (Å²) in [6.07, 6.45) is 9.93. The van der Waals surface area contributed by atoms with E-state index in [4.69, 9.17) is 0 Å². The van der Waals surface area contributed by atoms with Gasteiger partial charge in [0, 0.05) is 34.9 Å². The molecule has 1 aliphatic rings. The monoisotopic (exact) mass is 201 g/mol. The van der Waals surface area contributed by atoms with E-state index in [1.165, 1.54) is 19.3 Å². The highest BCUT2D eigenvalue weighted by Crippen LogP contribution is 2.10. The zero-order valence-electron chi connectivity index (χ0n) is 8.45. The molecule has 0 bridgehead atoms. The molecule has 0 saturated carbocycles. The maximum absolute atomic E-state index is 10.9. The Labute approximate surface area is 83.3 Å². The van der Waals surface area contributed by atoms with Crippen molar-refractivity contribution in [2.45, 2.75) is 38.3 Å². The van der Waals surface area contributed by atoms with Gasteiger partial charge in [-0.05, 0) is 26.2 Å². The lowest BCUT2D eigenvalue weighted by molar-refractivity contribution is 0.478. The molecular weight excluding hydrogens is 182 g/mol. The van der Waals surface area contributed by atoms with Crippen LogP contribution < -0.4 is 5.32 Å². The van der Waals surface area contributed by atoms with Gasteiger partial charge in [-0.1, -0.05) is 12.2 Å². The number of nitrogens with one attached hydrogen (secondary N) is 1. The van der Waals surface area contributed by atoms with Crippen LogP contribution in [-0.4, -0.2) is 28.3 Å². The molecule has 0 aromatic heterocycles. The Morgan fingerprint density at radius 2 is 2.46 bits per heavy atom. The van der Waals surface area contributed by atoms with Crippen molar-refractivity contribution >= 4 is 10.8 Å². The average Bonchev–Trinajstić information content (AvgIpc) is 2.04. The Kier molecular flexibility index (Phi) is 4.67. The second-order valence-corrected chi connectivity index (χ2v) is 5.25. The number of rotatable bonds is 4. The van der Waals surface area contributed by atoms with Crippen LogP contribution in [0.2, 0.25) is 0 Å². The van der Waals surface area contributed by atoms with E-state index in [0.29, 0.717) is 12.1 Å². The van der Waals surface area contributed by atoms with Gasteiger partial charge in [0.15, 0.2) is 0 Å². The van der Waals surface area contributed by atoms with Crippen molar-refractivity contribution in [1.29, 1.82) is 0 Å². The van der Waals surface area contributed by atoms with Crippen LogP contribution in [0.1, 0.15) is 26.2 Å². The summed E-state index contributed by atoms with van der Waals surface area (Å²) in [6.45, 7) is 2.10. The highest BCUT2D eigenvalue weighted by Gasteiger charge is 2.11. The van der Waals surface area contributed by atoms with Gasteiger partial charge in [-0.2, -0.15) is 0 Å². The van der Waals surface area contributed by atoms with E-state index in [0.717, 1.165) is 5.75 Å². The molecule has 3 heteroatoms. The molecule has 2 nitrogen and oxygen atoms in total. The van der Waals surface area contributed by atoms with Gasteiger partial charge in [0.05, 0.1) is 0 Å². The quantitative estimate of drug-likeness (QED) is 0.698. The molecule has 13 heavy (non-hydrogen) atoms. The summed E-state index contributed by atoms with van der Waals surface area (Å²) in [4.78, 5) is 0. The molecule has 1 N–H and O–H groups in total. The maximum Gasteiger partial charge on any atom is 0.0383 e. The van der Waals surface area contributed by atoms with Gasteiger partial charge < -0.3 is 5.32 Å². The minimum absolute atomic E-state index is 0.360. The van der Waals surface area contributed by atoms with E-state index < -0.39 is 10.8 Å². The molecule has 0 amide bonds. The van der Waals surface area contributed by atoms with Crippen molar-refractivity contribution in [3.63, 3.8) is 0 Å². The Morgan fingerprint density at radius 1 is 1.69 bits per heavy atom. The van der Waals surface area contributed by atoms with Crippen LogP contribution in [0.4, 0.5) is 0 Å². The van der Waals surface area contributed by atoms with Crippen LogP contribution in [0.15, 0.2) is 12.2 Å². The summed E-state index contributed by atoms with van der Waals surface area (Å²) >= 11 is 0. The Morgan fingerprint density at radius 3 is 3.00 bits per heavy atom. The SMILES string of the molecule is CC(CS(C)=O)NC1C=CCCC1. The third kappa shape index (κ3) is 4.58. The normalized spacial score (nSPS) is 27.1. The lowest BCUT2D eigenvalue weighted by atomic mass is 10.0. The van der Waals surface area contributed by atoms with E-state index in [1.54, 1.807) is 6.26 Å². The van der Waals surface area contributed by atoms with Crippen LogP contribution in [0.3, 0.4) is 0 Å². The van der Waals surface area contributed by atoms with Crippen molar-refractivity contribution < 1.29 is 4.21 Å². The minimum atomic E-state index is -0.687. The highest BCUT2D eigenvalue weighted by atomic mass is 32.2. The molecule has 0 radical (unpaired) electrons. The third-order valence-electron chi connectivity index (χ3n) is 2.24. The molecule has 0 aromatic carbocycles. The van der Waals surface area contributed by atoms with Crippen molar-refractivity contribution in [2.75, 3.05) is 12.0 Å². The summed E-state index contributed by atoms with van der Waals surface area (Å²) in [6, 6.07) is 0.867. The first kappa shape index (κ1) is 10.9. The first-order valence-electron chi connectivity index (χ1n) is 4.91. The Hall–Kier alpha value is -0.150. The molecule has 0 heterocycles. The smallest absolute Gasteiger partial charge is 0.0383 e. The summed E-state index contributed by atoms with van der Waals surface area (Å²) < 4.78 is 10.9. The lowest BCUT2D eigenvalue weighted by Gasteiger charge is -2.22. The molecule has 3 atom stereocenters. The first-order valence-corrected chi connectivity index (χ1v) is 6.64. The molecule has 76 valence electrons. The molecule has 0 aromatic rings. The lowest BCUT2D eigenvalue weighted by Crippen LogP contribution is -2.39. The predicted octanol–water partition coefficient (Wildman–Crippen LogP) is 1.45. The van der Waals surface area contributed by atoms with E-state index in [2.05, 4.69) is 24.4 Å². The van der Waals surface area contributed by atoms with Crippen LogP contribution in [0.5, 0.6) is 0 Å². The van der Waals surface area contributed by atoms with E-state index in [9.17, 15) is 4.21 Å². The number of allylic oxidation sites excluding steroid dienone is 1. The molecule has 0 aliphatic heterocycles. The van der Waals surface area contributed by atoms with Crippen molar-refractivity contribution in [1.82, 2.24) is 5.32 Å². The largest absolute Gasteiger partial charge is 0.307 e. The van der Waals surface area contributed by atoms with Gasteiger partial charge in [-0.15, -0.1) is 0 Å². The molecule has 3 unspecified atom stereocenters. The summed E-state index contributed by atoms with van der Waals surface area (Å²) in [5, 5.41) is 3.47. The maximum atomic E-state index is 10.9. The molecule has 1 aliphatic carbocycles. The molecular formula is C10H19NOS. The van der Waals surface area contributed by atoms with E-state index in [-0.39, 0.29) is 0 Å². The third-order valence-corrected chi connectivity index (χ3v) is 3.21. The van der Waals surface area contributed by atoms with Crippen LogP contribution in [0.25, 0.3) is 0 Å². The molecule has 0 fully saturated rings. The van der Waals surface area contributed by atoms with Crippen molar-refractivity contribution in [3.05, 3.63) is 12.2 Å². The predicted molar refractivity (Wildman–Crippen MR) is 58.3 cm³/mol. The van der Waals surface area contributed by atoms with Gasteiger partial charge in [0.1, 0.15) is 0 Å². The fourth-order valence-corrected chi connectivity index (χ4v) is 2.52. The summed E-state index contributed by atoms with van der Waals surface area (Å²) in [5.41, 5.74) is 0. The Bertz CT molecular complexity index is 203. The average molecular weight is 201 g/mol. The van der Waals surface area contributed by atoms with Crippen molar-refractivity contribution in [3.8, 4) is 0 Å². The van der Waals surface area contributed by atoms with Gasteiger partial charge in [0.2, 0.25) is 0 Å². The zero-order chi connectivity index (χ0) is 9.68. The van der Waals surface area contributed by atoms with Gasteiger partial charge >= 0.3 is 0 Å². The Balaban J connectivity index is 2.26. The first-order chi connectivity index (χ1) is 6.18. The fraction of sp³-hybridized carbons (Fsp3) is 0.800. The summed E-state index contributed by atoms with van der Waals surface area (Å²) in [7, 11) is -0.687. The molecule has 0 spiro atoms. The van der Waals surface area contributed by atoms with Crippen LogP contribution in [-0.2, 0) is 10.8 Å². The van der Waals surface area contributed by atoms with Crippen LogP contribution >= 0.6 is 0 Å².